The third-order valence-corrected chi connectivity index (χ3v) is 6.39. The zero-order chi connectivity index (χ0) is 20.6. The fourth-order valence-corrected chi connectivity index (χ4v) is 4.62. The summed E-state index contributed by atoms with van der Waals surface area (Å²) in [6.45, 7) is 5.61. The molecule has 2 aromatic carbocycles. The highest BCUT2D eigenvalue weighted by atomic mass is 16.5. The number of aliphatic hydroxyl groups is 1. The minimum atomic E-state index is -0.440. The standard InChI is InChI=1S/C26H36N2O2/c29-25(20-27-16-4-1-2-5-17-27)21-30-26-14-10-23(11-15-26)22-8-12-24(13-9-22)28-18-6-3-7-19-28/h8-15,25,29H,1-7,16-21H2. The molecule has 2 heterocycles. The monoisotopic (exact) mass is 408 g/mol. The third kappa shape index (κ3) is 5.99. The molecule has 2 aliphatic heterocycles. The highest BCUT2D eigenvalue weighted by molar-refractivity contribution is 5.67. The van der Waals surface area contributed by atoms with E-state index in [1.54, 1.807) is 0 Å². The number of benzene rings is 2. The smallest absolute Gasteiger partial charge is 0.119 e. The largest absolute Gasteiger partial charge is 0.491 e. The van der Waals surface area contributed by atoms with Crippen LogP contribution in [0, 0.1) is 0 Å². The molecule has 4 heteroatoms. The first kappa shape index (κ1) is 21.2. The predicted octanol–water partition coefficient (Wildman–Crippen LogP) is 4.96. The Labute approximate surface area is 181 Å². The highest BCUT2D eigenvalue weighted by Crippen LogP contribution is 2.26. The van der Waals surface area contributed by atoms with Gasteiger partial charge in [-0.25, -0.2) is 0 Å². The van der Waals surface area contributed by atoms with E-state index in [2.05, 4.69) is 46.2 Å². The van der Waals surface area contributed by atoms with E-state index in [0.29, 0.717) is 13.2 Å². The number of ether oxygens (including phenoxy) is 1. The number of hydrogen-bond acceptors (Lipinski definition) is 4. The fraction of sp³-hybridized carbons (Fsp3) is 0.538. The van der Waals surface area contributed by atoms with E-state index in [9.17, 15) is 5.11 Å². The van der Waals surface area contributed by atoms with Crippen molar-refractivity contribution in [3.8, 4) is 16.9 Å². The molecule has 0 saturated carbocycles. The van der Waals surface area contributed by atoms with Gasteiger partial charge in [0.15, 0.2) is 0 Å². The summed E-state index contributed by atoms with van der Waals surface area (Å²) in [4.78, 5) is 4.86. The highest BCUT2D eigenvalue weighted by Gasteiger charge is 2.14. The molecule has 4 rings (SSSR count). The molecule has 0 spiro atoms. The summed E-state index contributed by atoms with van der Waals surface area (Å²) >= 11 is 0. The number of rotatable bonds is 7. The van der Waals surface area contributed by atoms with Crippen LogP contribution in [0.5, 0.6) is 5.75 Å². The Morgan fingerprint density at radius 1 is 0.700 bits per heavy atom. The van der Waals surface area contributed by atoms with E-state index in [4.69, 9.17) is 4.74 Å². The van der Waals surface area contributed by atoms with Gasteiger partial charge in [0.2, 0.25) is 0 Å². The van der Waals surface area contributed by atoms with Gasteiger partial charge >= 0.3 is 0 Å². The molecule has 0 radical (unpaired) electrons. The summed E-state index contributed by atoms with van der Waals surface area (Å²) < 4.78 is 5.85. The van der Waals surface area contributed by atoms with Crippen molar-refractivity contribution < 1.29 is 9.84 Å². The predicted molar refractivity (Wildman–Crippen MR) is 124 cm³/mol. The van der Waals surface area contributed by atoms with Crippen molar-refractivity contribution in [3.63, 3.8) is 0 Å². The fourth-order valence-electron chi connectivity index (χ4n) is 4.62. The van der Waals surface area contributed by atoms with E-state index < -0.39 is 6.10 Å². The Hall–Kier alpha value is -2.04. The molecule has 30 heavy (non-hydrogen) atoms. The molecule has 2 aliphatic rings. The number of hydrogen-bond donors (Lipinski definition) is 1. The number of anilines is 1. The minimum Gasteiger partial charge on any atom is -0.491 e. The second-order valence-corrected chi connectivity index (χ2v) is 8.80. The van der Waals surface area contributed by atoms with E-state index >= 15 is 0 Å². The average Bonchev–Trinajstić information content (AvgIpc) is 3.07. The van der Waals surface area contributed by atoms with E-state index in [1.165, 1.54) is 74.8 Å². The SMILES string of the molecule is OC(COc1ccc(-c2ccc(N3CCCCC3)cc2)cc1)CN1CCCCCC1. The van der Waals surface area contributed by atoms with Crippen LogP contribution in [-0.4, -0.2) is 55.4 Å². The van der Waals surface area contributed by atoms with Crippen molar-refractivity contribution in [2.75, 3.05) is 44.2 Å². The third-order valence-electron chi connectivity index (χ3n) is 6.39. The number of aliphatic hydroxyl groups excluding tert-OH is 1. The van der Waals surface area contributed by atoms with Gasteiger partial charge in [0.1, 0.15) is 18.5 Å². The van der Waals surface area contributed by atoms with Crippen molar-refractivity contribution in [2.45, 2.75) is 51.0 Å². The molecule has 1 atom stereocenters. The normalized spacial score (nSPS) is 19.3. The molecule has 0 bridgehead atoms. The Morgan fingerprint density at radius 3 is 1.87 bits per heavy atom. The number of likely N-dealkylation sites (tertiary alicyclic amines) is 1. The molecule has 0 aromatic heterocycles. The zero-order valence-electron chi connectivity index (χ0n) is 18.1. The lowest BCUT2D eigenvalue weighted by molar-refractivity contribution is 0.0694. The van der Waals surface area contributed by atoms with Gasteiger partial charge in [-0.3, -0.25) is 0 Å². The van der Waals surface area contributed by atoms with E-state index in [0.717, 1.165) is 18.8 Å². The van der Waals surface area contributed by atoms with Gasteiger partial charge in [-0.1, -0.05) is 37.1 Å². The van der Waals surface area contributed by atoms with Crippen molar-refractivity contribution in [1.82, 2.24) is 4.90 Å². The number of β-amino-alcohol motifs (C(OH)–C–C–N with tert-alkyl or cyclic N) is 1. The summed E-state index contributed by atoms with van der Waals surface area (Å²) in [5, 5.41) is 10.3. The van der Waals surface area contributed by atoms with Crippen LogP contribution < -0.4 is 9.64 Å². The van der Waals surface area contributed by atoms with Gasteiger partial charge in [-0.05, 0) is 80.6 Å². The lowest BCUT2D eigenvalue weighted by Crippen LogP contribution is -2.36. The van der Waals surface area contributed by atoms with Crippen molar-refractivity contribution in [2.24, 2.45) is 0 Å². The number of nitrogens with zero attached hydrogens (tertiary/aromatic N) is 2. The quantitative estimate of drug-likeness (QED) is 0.702. The van der Waals surface area contributed by atoms with Gasteiger partial charge in [0, 0.05) is 25.3 Å². The van der Waals surface area contributed by atoms with Crippen molar-refractivity contribution in [3.05, 3.63) is 48.5 Å². The van der Waals surface area contributed by atoms with Crippen molar-refractivity contribution in [1.29, 1.82) is 0 Å². The Morgan fingerprint density at radius 2 is 1.23 bits per heavy atom. The molecule has 1 unspecified atom stereocenters. The Balaban J connectivity index is 1.27. The molecule has 2 fully saturated rings. The van der Waals surface area contributed by atoms with Crippen LogP contribution in [0.4, 0.5) is 5.69 Å². The van der Waals surface area contributed by atoms with Crippen LogP contribution in [0.15, 0.2) is 48.5 Å². The summed E-state index contributed by atoms with van der Waals surface area (Å²) in [7, 11) is 0. The maximum Gasteiger partial charge on any atom is 0.119 e. The van der Waals surface area contributed by atoms with Crippen LogP contribution in [0.1, 0.15) is 44.9 Å². The van der Waals surface area contributed by atoms with E-state index in [-0.39, 0.29) is 0 Å². The zero-order valence-corrected chi connectivity index (χ0v) is 18.1. The lowest BCUT2D eigenvalue weighted by Gasteiger charge is -2.28. The van der Waals surface area contributed by atoms with Crippen molar-refractivity contribution >= 4 is 5.69 Å². The van der Waals surface area contributed by atoms with Gasteiger partial charge in [-0.2, -0.15) is 0 Å². The maximum absolute atomic E-state index is 10.3. The molecule has 0 aliphatic carbocycles. The lowest BCUT2D eigenvalue weighted by atomic mass is 10.0. The molecule has 2 aromatic rings. The van der Waals surface area contributed by atoms with Gasteiger partial charge in [-0.15, -0.1) is 0 Å². The van der Waals surface area contributed by atoms with Gasteiger partial charge < -0.3 is 19.6 Å². The summed E-state index contributed by atoms with van der Waals surface area (Å²) in [6.07, 6.45) is 8.64. The molecule has 0 amide bonds. The van der Waals surface area contributed by atoms with Crippen LogP contribution in [-0.2, 0) is 0 Å². The second-order valence-electron chi connectivity index (χ2n) is 8.80. The molecule has 2 saturated heterocycles. The molecule has 4 nitrogen and oxygen atoms in total. The van der Waals surface area contributed by atoms with E-state index in [1.807, 2.05) is 12.1 Å². The van der Waals surface area contributed by atoms with Gasteiger partial charge in [0.05, 0.1) is 0 Å². The Kier molecular flexibility index (Phi) is 7.65. The second kappa shape index (κ2) is 10.8. The van der Waals surface area contributed by atoms with Gasteiger partial charge in [0.25, 0.3) is 0 Å². The van der Waals surface area contributed by atoms with Crippen LogP contribution in [0.25, 0.3) is 11.1 Å². The maximum atomic E-state index is 10.3. The molecular formula is C26H36N2O2. The summed E-state index contributed by atoms with van der Waals surface area (Å²) in [6, 6.07) is 17.1. The summed E-state index contributed by atoms with van der Waals surface area (Å²) in [5.74, 6) is 0.818. The summed E-state index contributed by atoms with van der Waals surface area (Å²) in [5.41, 5.74) is 3.75. The molecule has 162 valence electrons. The van der Waals surface area contributed by atoms with Crippen LogP contribution in [0.3, 0.4) is 0 Å². The first-order chi connectivity index (χ1) is 14.8. The van der Waals surface area contributed by atoms with Crippen LogP contribution >= 0.6 is 0 Å². The molecule has 1 N–H and O–H groups in total. The minimum absolute atomic E-state index is 0.348. The topological polar surface area (TPSA) is 35.9 Å². The first-order valence-corrected chi connectivity index (χ1v) is 11.8. The number of piperidine rings is 1. The molecular weight excluding hydrogens is 372 g/mol. The first-order valence-electron chi connectivity index (χ1n) is 11.8. The Bertz CT molecular complexity index is 746. The average molecular weight is 409 g/mol. The van der Waals surface area contributed by atoms with Crippen LogP contribution in [0.2, 0.25) is 0 Å².